The van der Waals surface area contributed by atoms with Crippen LogP contribution in [0.2, 0.25) is 0 Å². The number of nitrogens with one attached hydrogen (secondary N) is 2. The summed E-state index contributed by atoms with van der Waals surface area (Å²) in [6, 6.07) is 22.6. The van der Waals surface area contributed by atoms with E-state index in [0.717, 1.165) is 33.5 Å². The van der Waals surface area contributed by atoms with Gasteiger partial charge in [0.1, 0.15) is 5.75 Å². The van der Waals surface area contributed by atoms with Crippen LogP contribution < -0.4 is 15.8 Å². The highest BCUT2D eigenvalue weighted by molar-refractivity contribution is 6.03. The molecule has 2 amide bonds. The van der Waals surface area contributed by atoms with Crippen LogP contribution in [0.3, 0.4) is 0 Å². The van der Waals surface area contributed by atoms with Gasteiger partial charge in [-0.1, -0.05) is 30.3 Å². The number of amides is 2. The number of ether oxygens (including phenoxy) is 1. The lowest BCUT2D eigenvalue weighted by Gasteiger charge is -2.10. The van der Waals surface area contributed by atoms with Crippen LogP contribution in [-0.4, -0.2) is 23.9 Å². The number of benzene rings is 3. The molecule has 0 fully saturated rings. The lowest BCUT2D eigenvalue weighted by molar-refractivity contribution is -0.116. The van der Waals surface area contributed by atoms with E-state index in [1.54, 1.807) is 31.4 Å². The number of primary amides is 1. The first-order chi connectivity index (χ1) is 15.1. The second kappa shape index (κ2) is 8.75. The zero-order valence-electron chi connectivity index (χ0n) is 17.1. The van der Waals surface area contributed by atoms with Crippen molar-refractivity contribution in [3.05, 3.63) is 83.9 Å². The van der Waals surface area contributed by atoms with E-state index < -0.39 is 5.91 Å². The normalized spacial score (nSPS) is 10.7. The zero-order valence-corrected chi connectivity index (χ0v) is 17.1. The van der Waals surface area contributed by atoms with E-state index in [-0.39, 0.29) is 12.3 Å². The molecule has 0 aliphatic rings. The number of hydrogen-bond donors (Lipinski definition) is 3. The minimum absolute atomic E-state index is 0.181. The van der Waals surface area contributed by atoms with Crippen LogP contribution in [0, 0.1) is 0 Å². The van der Waals surface area contributed by atoms with Crippen molar-refractivity contribution < 1.29 is 14.3 Å². The van der Waals surface area contributed by atoms with E-state index in [4.69, 9.17) is 10.5 Å². The Morgan fingerprint density at radius 3 is 2.42 bits per heavy atom. The molecule has 0 atom stereocenters. The molecule has 4 aromatic rings. The highest BCUT2D eigenvalue weighted by atomic mass is 16.5. The minimum atomic E-state index is -0.575. The van der Waals surface area contributed by atoms with Crippen LogP contribution in [0.4, 0.5) is 5.69 Å². The molecule has 4 rings (SSSR count). The Labute approximate surface area is 180 Å². The van der Waals surface area contributed by atoms with E-state index in [1.807, 2.05) is 42.5 Å². The number of aryl methyl sites for hydroxylation is 1. The van der Waals surface area contributed by atoms with Crippen molar-refractivity contribution in [2.45, 2.75) is 12.8 Å². The number of para-hydroxylation sites is 2. The first-order valence-electron chi connectivity index (χ1n) is 9.99. The van der Waals surface area contributed by atoms with Gasteiger partial charge in [-0.05, 0) is 60.0 Å². The van der Waals surface area contributed by atoms with Gasteiger partial charge in [-0.15, -0.1) is 0 Å². The van der Waals surface area contributed by atoms with Crippen molar-refractivity contribution in [2.75, 3.05) is 12.4 Å². The molecule has 0 saturated heterocycles. The van der Waals surface area contributed by atoms with Gasteiger partial charge in [-0.3, -0.25) is 9.59 Å². The Morgan fingerprint density at radius 1 is 0.968 bits per heavy atom. The maximum atomic E-state index is 12.7. The Kier molecular flexibility index (Phi) is 5.71. The number of anilines is 1. The third-order valence-corrected chi connectivity index (χ3v) is 5.26. The molecule has 0 bridgehead atoms. The van der Waals surface area contributed by atoms with Crippen molar-refractivity contribution in [2.24, 2.45) is 5.73 Å². The van der Waals surface area contributed by atoms with E-state index in [1.165, 1.54) is 0 Å². The van der Waals surface area contributed by atoms with Crippen molar-refractivity contribution >= 4 is 28.4 Å². The monoisotopic (exact) mass is 413 g/mol. The zero-order chi connectivity index (χ0) is 21.8. The molecule has 6 heteroatoms. The standard InChI is InChI=1S/C25H23N3O3/c1-31-17-12-10-16(11-13-17)24-19(18-6-2-4-8-21(18)28-24)14-15-23(29)27-22-9-5-3-7-20(22)25(26)30/h2-13,28H,14-15H2,1H3,(H2,26,30)(H,27,29). The van der Waals surface area contributed by atoms with E-state index in [2.05, 4.69) is 16.4 Å². The number of hydrogen-bond acceptors (Lipinski definition) is 3. The molecule has 156 valence electrons. The fraction of sp³-hybridized carbons (Fsp3) is 0.120. The predicted octanol–water partition coefficient (Wildman–Crippen LogP) is 4.51. The van der Waals surface area contributed by atoms with Gasteiger partial charge in [0.2, 0.25) is 5.91 Å². The largest absolute Gasteiger partial charge is 0.497 e. The number of rotatable bonds is 7. The Morgan fingerprint density at radius 2 is 1.68 bits per heavy atom. The van der Waals surface area contributed by atoms with Crippen molar-refractivity contribution in [3.8, 4) is 17.0 Å². The summed E-state index contributed by atoms with van der Waals surface area (Å²) in [4.78, 5) is 27.7. The lowest BCUT2D eigenvalue weighted by atomic mass is 10.0. The van der Waals surface area contributed by atoms with Gasteiger partial charge in [0.15, 0.2) is 0 Å². The average Bonchev–Trinajstić information content (AvgIpc) is 3.16. The third kappa shape index (κ3) is 4.28. The van der Waals surface area contributed by atoms with E-state index >= 15 is 0 Å². The summed E-state index contributed by atoms with van der Waals surface area (Å²) in [6.45, 7) is 0. The molecule has 0 aliphatic heterocycles. The Bertz CT molecular complexity index is 1240. The molecule has 0 radical (unpaired) electrons. The first kappa shape index (κ1) is 20.2. The molecule has 1 heterocycles. The summed E-state index contributed by atoms with van der Waals surface area (Å²) in [5, 5.41) is 3.89. The van der Waals surface area contributed by atoms with Crippen LogP contribution in [0.15, 0.2) is 72.8 Å². The molecule has 1 aromatic heterocycles. The lowest BCUT2D eigenvalue weighted by Crippen LogP contribution is -2.18. The van der Waals surface area contributed by atoms with Crippen LogP contribution >= 0.6 is 0 Å². The molecule has 0 aliphatic carbocycles. The topological polar surface area (TPSA) is 97.2 Å². The highest BCUT2D eigenvalue weighted by Crippen LogP contribution is 2.32. The van der Waals surface area contributed by atoms with Crippen molar-refractivity contribution in [3.63, 3.8) is 0 Å². The van der Waals surface area contributed by atoms with Gasteiger partial charge >= 0.3 is 0 Å². The number of H-pyrrole nitrogens is 1. The molecule has 31 heavy (non-hydrogen) atoms. The molecule has 0 saturated carbocycles. The average molecular weight is 413 g/mol. The maximum absolute atomic E-state index is 12.7. The molecule has 3 aromatic carbocycles. The summed E-state index contributed by atoms with van der Waals surface area (Å²) < 4.78 is 5.26. The number of nitrogens with two attached hydrogens (primary N) is 1. The minimum Gasteiger partial charge on any atom is -0.497 e. The smallest absolute Gasteiger partial charge is 0.250 e. The SMILES string of the molecule is COc1ccc(-c2[nH]c3ccccc3c2CCC(=O)Nc2ccccc2C(N)=O)cc1. The van der Waals surface area contributed by atoms with Gasteiger partial charge in [-0.2, -0.15) is 0 Å². The van der Waals surface area contributed by atoms with E-state index in [0.29, 0.717) is 17.7 Å². The fourth-order valence-corrected chi connectivity index (χ4v) is 3.72. The second-order valence-corrected chi connectivity index (χ2v) is 7.21. The maximum Gasteiger partial charge on any atom is 0.250 e. The number of carbonyl (C=O) groups excluding carboxylic acids is 2. The molecular formula is C25H23N3O3. The summed E-state index contributed by atoms with van der Waals surface area (Å²) in [5.74, 6) is 0.0305. The van der Waals surface area contributed by atoms with E-state index in [9.17, 15) is 9.59 Å². The van der Waals surface area contributed by atoms with Gasteiger partial charge in [0.25, 0.3) is 5.91 Å². The molecule has 6 nitrogen and oxygen atoms in total. The molecule has 0 unspecified atom stereocenters. The summed E-state index contributed by atoms with van der Waals surface area (Å²) in [5.41, 5.74) is 10.2. The summed E-state index contributed by atoms with van der Waals surface area (Å²) >= 11 is 0. The highest BCUT2D eigenvalue weighted by Gasteiger charge is 2.16. The number of fused-ring (bicyclic) bond motifs is 1. The second-order valence-electron chi connectivity index (χ2n) is 7.21. The van der Waals surface area contributed by atoms with Crippen molar-refractivity contribution in [1.82, 2.24) is 4.98 Å². The van der Waals surface area contributed by atoms with Crippen LogP contribution in [0.1, 0.15) is 22.3 Å². The van der Waals surface area contributed by atoms with Crippen LogP contribution in [-0.2, 0) is 11.2 Å². The predicted molar refractivity (Wildman–Crippen MR) is 122 cm³/mol. The van der Waals surface area contributed by atoms with Crippen molar-refractivity contribution in [1.29, 1.82) is 0 Å². The van der Waals surface area contributed by atoms with Gasteiger partial charge in [0, 0.05) is 23.0 Å². The molecular weight excluding hydrogens is 390 g/mol. The Balaban J connectivity index is 1.59. The fourth-order valence-electron chi connectivity index (χ4n) is 3.72. The number of aromatic nitrogens is 1. The first-order valence-corrected chi connectivity index (χ1v) is 9.99. The molecule has 0 spiro atoms. The van der Waals surface area contributed by atoms with Gasteiger partial charge in [0.05, 0.1) is 18.4 Å². The van der Waals surface area contributed by atoms with Gasteiger partial charge < -0.3 is 20.8 Å². The van der Waals surface area contributed by atoms with Crippen LogP contribution in [0.5, 0.6) is 5.75 Å². The quantitative estimate of drug-likeness (QED) is 0.416. The van der Waals surface area contributed by atoms with Gasteiger partial charge in [-0.25, -0.2) is 0 Å². The summed E-state index contributed by atoms with van der Waals surface area (Å²) in [6.07, 6.45) is 0.800. The number of carbonyl (C=O) groups is 2. The third-order valence-electron chi connectivity index (χ3n) is 5.26. The summed E-state index contributed by atoms with van der Waals surface area (Å²) in [7, 11) is 1.64. The molecule has 4 N–H and O–H groups in total. The number of methoxy groups -OCH3 is 1. The number of aromatic amines is 1. The van der Waals surface area contributed by atoms with Crippen LogP contribution in [0.25, 0.3) is 22.2 Å². The Hall–Kier alpha value is -4.06.